The molecule has 0 aliphatic carbocycles. The lowest BCUT2D eigenvalue weighted by atomic mass is 9.81. The van der Waals surface area contributed by atoms with Gasteiger partial charge in [-0.15, -0.1) is 6.42 Å². The summed E-state index contributed by atoms with van der Waals surface area (Å²) in [6, 6.07) is 17.4. The fraction of sp³-hybridized carbons (Fsp3) is 0.487. The number of benzene rings is 2. The number of nitrogens with one attached hydrogen (secondary N) is 1. The Hall–Kier alpha value is -3.41. The van der Waals surface area contributed by atoms with Crippen molar-refractivity contribution in [3.05, 3.63) is 83.6 Å². The zero-order valence-electron chi connectivity index (χ0n) is 28.8. The van der Waals surface area contributed by atoms with Gasteiger partial charge in [-0.1, -0.05) is 68.7 Å². The van der Waals surface area contributed by atoms with Crippen LogP contribution in [0.3, 0.4) is 0 Å². The van der Waals surface area contributed by atoms with E-state index in [1.54, 1.807) is 0 Å². The molecule has 0 fully saturated rings. The maximum absolute atomic E-state index is 12.3. The maximum Gasteiger partial charge on any atom is 0.220 e. The van der Waals surface area contributed by atoms with E-state index >= 15 is 0 Å². The Bertz CT molecular complexity index is 1470. The Morgan fingerprint density at radius 3 is 2.28 bits per heavy atom. The predicted molar refractivity (Wildman–Crippen MR) is 187 cm³/mol. The van der Waals surface area contributed by atoms with E-state index in [-0.39, 0.29) is 29.1 Å². The first kappa shape index (κ1) is 38.0. The molecule has 0 radical (unpaired) electrons. The third-order valence-electron chi connectivity index (χ3n) is 9.03. The Morgan fingerprint density at radius 1 is 0.894 bits per heavy atom. The van der Waals surface area contributed by atoms with Crippen LogP contribution in [0.1, 0.15) is 64.5 Å². The van der Waals surface area contributed by atoms with Gasteiger partial charge in [0.1, 0.15) is 13.7 Å². The zero-order valence-corrected chi connectivity index (χ0v) is 29.6. The predicted octanol–water partition coefficient (Wildman–Crippen LogP) is 3.29. The van der Waals surface area contributed by atoms with Crippen LogP contribution in [0.5, 0.6) is 0 Å². The summed E-state index contributed by atoms with van der Waals surface area (Å²) < 4.78 is 18.4. The summed E-state index contributed by atoms with van der Waals surface area (Å²) in [4.78, 5) is 14.8. The number of fused-ring (bicyclic) bond motifs is 2. The van der Waals surface area contributed by atoms with Gasteiger partial charge in [-0.3, -0.25) is 4.79 Å². The summed E-state index contributed by atoms with van der Waals surface area (Å²) in [6.45, 7) is 13.4. The number of hydrogen-bond acceptors (Lipinski definition) is 5. The second kappa shape index (κ2) is 18.2. The van der Waals surface area contributed by atoms with Gasteiger partial charge in [0.25, 0.3) is 0 Å². The molecular formula is C39H52ClN3O4. The van der Waals surface area contributed by atoms with E-state index in [0.717, 1.165) is 25.8 Å². The number of ether oxygens (including phenoxy) is 3. The van der Waals surface area contributed by atoms with Crippen LogP contribution >= 0.6 is 0 Å². The molecule has 8 heteroatoms. The second-order valence-corrected chi connectivity index (χ2v) is 12.9. The molecule has 2 aliphatic heterocycles. The molecule has 1 N–H and O–H groups in total. The van der Waals surface area contributed by atoms with Crippen LogP contribution in [0.15, 0.2) is 72.5 Å². The molecule has 1 amide bonds. The van der Waals surface area contributed by atoms with Gasteiger partial charge in [-0.25, -0.2) is 0 Å². The van der Waals surface area contributed by atoms with Crippen LogP contribution in [0, 0.1) is 12.3 Å². The number of nitrogens with zero attached hydrogens (tertiary/aromatic N) is 2. The highest BCUT2D eigenvalue weighted by Crippen LogP contribution is 2.47. The number of rotatable bonds is 18. The third-order valence-corrected chi connectivity index (χ3v) is 9.03. The standard InChI is InChI=1S/C39H51N3O4.ClH/c1-7-25-44-27-29-46-30-28-45-26-23-40-37(43)22-9-8-14-24-42-34-19-13-11-17-32(34)39(4,5)36(42)21-15-20-35-38(2,3)31-16-10-12-18-33(31)41(35)6;/h1,10-13,15-21H,8-9,14,22-30H2,2-6H3;1H. The molecule has 0 unspecified atom stereocenters. The minimum absolute atomic E-state index is 0. The number of hydrogen-bond donors (Lipinski definition) is 1. The molecule has 0 bridgehead atoms. The van der Waals surface area contributed by atoms with Crippen molar-refractivity contribution in [3.63, 3.8) is 0 Å². The van der Waals surface area contributed by atoms with Gasteiger partial charge in [-0.2, -0.15) is 4.58 Å². The topological polar surface area (TPSA) is 63.0 Å². The molecule has 0 saturated carbocycles. The number of anilines is 1. The fourth-order valence-electron chi connectivity index (χ4n) is 6.57. The SMILES string of the molecule is C#CCOCCOCCOCCNC(=O)CCCCCN1/C(=C\C=C\C2=[N+](C)c3ccccc3C2(C)C)C(C)(C)c2ccccc21.[Cl-]. The molecule has 7 nitrogen and oxygen atoms in total. The Labute approximate surface area is 288 Å². The van der Waals surface area contributed by atoms with Gasteiger partial charge in [0, 0.05) is 54.0 Å². The van der Waals surface area contributed by atoms with Crippen LogP contribution in [-0.2, 0) is 29.8 Å². The molecule has 0 saturated heterocycles. The lowest BCUT2D eigenvalue weighted by Crippen LogP contribution is -3.00. The summed E-state index contributed by atoms with van der Waals surface area (Å²) in [5, 5.41) is 2.96. The fourth-order valence-corrected chi connectivity index (χ4v) is 6.57. The molecule has 0 spiro atoms. The molecule has 2 aromatic carbocycles. The summed E-state index contributed by atoms with van der Waals surface area (Å²) in [5.41, 5.74) is 7.73. The number of amides is 1. The van der Waals surface area contributed by atoms with Gasteiger partial charge in [0.2, 0.25) is 11.6 Å². The zero-order chi connectivity index (χ0) is 33.0. The summed E-state index contributed by atoms with van der Waals surface area (Å²) >= 11 is 0. The minimum atomic E-state index is -0.101. The molecular weight excluding hydrogens is 610 g/mol. The first-order chi connectivity index (χ1) is 22.2. The van der Waals surface area contributed by atoms with E-state index in [1.165, 1.54) is 33.9 Å². The van der Waals surface area contributed by atoms with Crippen molar-refractivity contribution in [3.8, 4) is 12.3 Å². The van der Waals surface area contributed by atoms with E-state index < -0.39 is 0 Å². The second-order valence-electron chi connectivity index (χ2n) is 12.9. The molecule has 2 heterocycles. The highest BCUT2D eigenvalue weighted by molar-refractivity contribution is 6.03. The van der Waals surface area contributed by atoms with Crippen molar-refractivity contribution < 1.29 is 36.0 Å². The summed E-state index contributed by atoms with van der Waals surface area (Å²) in [6.07, 6.45) is 15.3. The maximum atomic E-state index is 12.3. The van der Waals surface area contributed by atoms with Crippen molar-refractivity contribution in [2.75, 3.05) is 64.7 Å². The van der Waals surface area contributed by atoms with E-state index in [9.17, 15) is 4.79 Å². The number of carbonyl (C=O) groups is 1. The highest BCUT2D eigenvalue weighted by atomic mass is 35.5. The summed E-state index contributed by atoms with van der Waals surface area (Å²) in [5.74, 6) is 2.49. The Balaban J connectivity index is 0.00000600. The van der Waals surface area contributed by atoms with Crippen molar-refractivity contribution in [1.29, 1.82) is 0 Å². The number of carbonyl (C=O) groups excluding carboxylic acids is 1. The first-order valence-corrected chi connectivity index (χ1v) is 16.6. The van der Waals surface area contributed by atoms with Crippen LogP contribution in [-0.4, -0.2) is 76.0 Å². The highest BCUT2D eigenvalue weighted by Gasteiger charge is 2.43. The van der Waals surface area contributed by atoms with Crippen molar-refractivity contribution in [2.24, 2.45) is 0 Å². The van der Waals surface area contributed by atoms with E-state index in [1.807, 2.05) is 0 Å². The smallest absolute Gasteiger partial charge is 0.220 e. The quantitative estimate of drug-likeness (QED) is 0.151. The van der Waals surface area contributed by atoms with E-state index in [2.05, 4.69) is 122 Å². The lowest BCUT2D eigenvalue weighted by molar-refractivity contribution is -0.401. The molecule has 4 rings (SSSR count). The molecule has 47 heavy (non-hydrogen) atoms. The monoisotopic (exact) mass is 661 g/mol. The molecule has 0 aromatic heterocycles. The average molecular weight is 662 g/mol. The minimum Gasteiger partial charge on any atom is -1.00 e. The van der Waals surface area contributed by atoms with Gasteiger partial charge in [0.15, 0.2) is 5.71 Å². The average Bonchev–Trinajstić information content (AvgIpc) is 3.38. The largest absolute Gasteiger partial charge is 1.00 e. The van der Waals surface area contributed by atoms with Gasteiger partial charge in [0.05, 0.1) is 38.4 Å². The third kappa shape index (κ3) is 9.58. The Kier molecular flexibility index (Phi) is 14.7. The summed E-state index contributed by atoms with van der Waals surface area (Å²) in [7, 11) is 2.16. The van der Waals surface area contributed by atoms with E-state index in [0.29, 0.717) is 52.6 Å². The number of allylic oxidation sites excluding steroid dienone is 4. The Morgan fingerprint density at radius 2 is 1.55 bits per heavy atom. The van der Waals surface area contributed by atoms with E-state index in [4.69, 9.17) is 20.6 Å². The van der Waals surface area contributed by atoms with Gasteiger partial charge < -0.3 is 36.8 Å². The van der Waals surface area contributed by atoms with Gasteiger partial charge in [-0.05, 0) is 44.4 Å². The van der Waals surface area contributed by atoms with Crippen LogP contribution in [0.2, 0.25) is 0 Å². The normalized spacial score (nSPS) is 16.7. The van der Waals surface area contributed by atoms with Crippen LogP contribution < -0.4 is 22.6 Å². The molecule has 2 aromatic rings. The number of halogens is 1. The van der Waals surface area contributed by atoms with Crippen LogP contribution in [0.25, 0.3) is 0 Å². The molecule has 0 atom stereocenters. The molecule has 2 aliphatic rings. The first-order valence-electron chi connectivity index (χ1n) is 16.6. The van der Waals surface area contributed by atoms with Gasteiger partial charge >= 0.3 is 0 Å². The number of unbranched alkanes of at least 4 members (excludes halogenated alkanes) is 2. The molecule has 254 valence electrons. The number of para-hydroxylation sites is 2. The number of terminal acetylenes is 1. The van der Waals surface area contributed by atoms with Crippen molar-refractivity contribution >= 4 is 23.0 Å². The van der Waals surface area contributed by atoms with Crippen LogP contribution in [0.4, 0.5) is 11.4 Å². The lowest BCUT2D eigenvalue weighted by Gasteiger charge is -2.27. The van der Waals surface area contributed by atoms with Crippen molar-refractivity contribution in [1.82, 2.24) is 5.32 Å². The van der Waals surface area contributed by atoms with Crippen molar-refractivity contribution in [2.45, 2.75) is 64.2 Å².